The molecule has 2 N–H and O–H groups in total. The number of nitrogens with zero attached hydrogens (tertiary/aromatic N) is 5. The lowest BCUT2D eigenvalue weighted by molar-refractivity contribution is -0.143. The van der Waals surface area contributed by atoms with E-state index in [-0.39, 0.29) is 47.3 Å². The number of hydrogen-bond donors (Lipinski definition) is 2. The standard InChI is InChI=1S/C41H49N7O7/c1-26(49)45-21-15-30(16-22-45)40(53)47-19-3-5-34(47)37(51)43-32-11-7-28(8-12-32)36-25-42-39(55-36)29-9-13-33(14-10-29)44-38(52)35-6-4-20-48(35)41(54)31-17-23-46(24-18-31)27(2)50/h7-14,25,30-31,34-35H,3-6,15-24H2,1-2H3,(H,43,51)(H,44,52). The van der Waals surface area contributed by atoms with Gasteiger partial charge in [0.2, 0.25) is 41.3 Å². The molecule has 2 aromatic carbocycles. The van der Waals surface area contributed by atoms with Crippen LogP contribution in [0.4, 0.5) is 11.4 Å². The number of carbonyl (C=O) groups excluding carboxylic acids is 6. The molecule has 290 valence electrons. The average Bonchev–Trinajstić information content (AvgIpc) is 4.00. The third kappa shape index (κ3) is 8.42. The summed E-state index contributed by atoms with van der Waals surface area (Å²) in [4.78, 5) is 88.1. The first-order valence-electron chi connectivity index (χ1n) is 19.5. The van der Waals surface area contributed by atoms with Crippen molar-refractivity contribution in [1.82, 2.24) is 24.6 Å². The summed E-state index contributed by atoms with van der Waals surface area (Å²) < 4.78 is 6.08. The van der Waals surface area contributed by atoms with Gasteiger partial charge in [-0.15, -0.1) is 0 Å². The van der Waals surface area contributed by atoms with Crippen LogP contribution in [0.3, 0.4) is 0 Å². The highest BCUT2D eigenvalue weighted by atomic mass is 16.4. The quantitative estimate of drug-likeness (QED) is 0.342. The smallest absolute Gasteiger partial charge is 0.247 e. The zero-order valence-electron chi connectivity index (χ0n) is 31.5. The van der Waals surface area contributed by atoms with E-state index in [4.69, 9.17) is 4.42 Å². The van der Waals surface area contributed by atoms with E-state index in [1.807, 2.05) is 24.3 Å². The molecule has 1 aromatic heterocycles. The van der Waals surface area contributed by atoms with Crippen LogP contribution >= 0.6 is 0 Å². The first kappa shape index (κ1) is 37.8. The normalized spacial score (nSPS) is 20.8. The SMILES string of the molecule is CC(=O)N1CCC(C(=O)N2CCCC2C(=O)Nc2ccc(-c3cnc(-c4ccc(NC(=O)C5CCCN5C(=O)C5CCN(C(C)=O)CC5)cc4)o3)cc2)CC1. The van der Waals surface area contributed by atoms with Gasteiger partial charge in [-0.3, -0.25) is 28.8 Å². The van der Waals surface area contributed by atoms with Crippen LogP contribution < -0.4 is 10.6 Å². The van der Waals surface area contributed by atoms with Crippen LogP contribution in [0.2, 0.25) is 0 Å². The van der Waals surface area contributed by atoms with Crippen molar-refractivity contribution in [3.8, 4) is 22.8 Å². The van der Waals surface area contributed by atoms with Gasteiger partial charge in [-0.1, -0.05) is 0 Å². The molecule has 4 fully saturated rings. The molecule has 0 aliphatic carbocycles. The number of anilines is 2. The van der Waals surface area contributed by atoms with Crippen molar-refractivity contribution in [2.45, 2.75) is 77.3 Å². The topological polar surface area (TPSA) is 165 Å². The van der Waals surface area contributed by atoms with Crippen LogP contribution in [-0.4, -0.2) is 111 Å². The number of carbonyl (C=O) groups is 6. The molecule has 0 radical (unpaired) electrons. The van der Waals surface area contributed by atoms with Crippen LogP contribution in [0.15, 0.2) is 59.1 Å². The van der Waals surface area contributed by atoms with E-state index in [0.717, 1.165) is 24.0 Å². The number of piperidine rings is 2. The molecule has 3 aromatic rings. The Morgan fingerprint density at radius 3 is 1.42 bits per heavy atom. The molecule has 2 unspecified atom stereocenters. The summed E-state index contributed by atoms with van der Waals surface area (Å²) in [6.07, 6.45) is 6.87. The van der Waals surface area contributed by atoms with Crippen LogP contribution in [0, 0.1) is 11.8 Å². The fraction of sp³-hybridized carbons (Fsp3) is 0.488. The van der Waals surface area contributed by atoms with Crippen LogP contribution in [0.1, 0.15) is 65.2 Å². The van der Waals surface area contributed by atoms with Gasteiger partial charge in [0.25, 0.3) is 0 Å². The number of benzene rings is 2. The van der Waals surface area contributed by atoms with E-state index in [2.05, 4.69) is 15.6 Å². The van der Waals surface area contributed by atoms with Gasteiger partial charge in [0.1, 0.15) is 12.1 Å². The van der Waals surface area contributed by atoms with Gasteiger partial charge in [-0.2, -0.15) is 0 Å². The maximum atomic E-state index is 13.3. The number of aromatic nitrogens is 1. The fourth-order valence-electron chi connectivity index (χ4n) is 8.36. The first-order valence-corrected chi connectivity index (χ1v) is 19.5. The van der Waals surface area contributed by atoms with Crippen molar-refractivity contribution in [3.63, 3.8) is 0 Å². The third-order valence-electron chi connectivity index (χ3n) is 11.6. The Bertz CT molecular complexity index is 1770. The van der Waals surface area contributed by atoms with Gasteiger partial charge in [0.15, 0.2) is 5.76 Å². The molecular formula is C41H49N7O7. The molecule has 0 bridgehead atoms. The van der Waals surface area contributed by atoms with E-state index in [1.165, 1.54) is 0 Å². The van der Waals surface area contributed by atoms with Crippen LogP contribution in [-0.2, 0) is 28.8 Å². The van der Waals surface area contributed by atoms with E-state index < -0.39 is 12.1 Å². The predicted octanol–water partition coefficient (Wildman–Crippen LogP) is 4.38. The Balaban J connectivity index is 0.907. The lowest BCUT2D eigenvalue weighted by atomic mass is 9.95. The maximum Gasteiger partial charge on any atom is 0.247 e. The highest BCUT2D eigenvalue weighted by Gasteiger charge is 2.40. The minimum Gasteiger partial charge on any atom is -0.436 e. The summed E-state index contributed by atoms with van der Waals surface area (Å²) >= 11 is 0. The van der Waals surface area contributed by atoms with Crippen molar-refractivity contribution in [3.05, 3.63) is 54.7 Å². The minimum atomic E-state index is -0.526. The van der Waals surface area contributed by atoms with E-state index >= 15 is 0 Å². The van der Waals surface area contributed by atoms with Crippen molar-refractivity contribution in [2.75, 3.05) is 49.9 Å². The Hall–Kier alpha value is -5.53. The first-order chi connectivity index (χ1) is 26.5. The second kappa shape index (κ2) is 16.5. The Kier molecular flexibility index (Phi) is 11.3. The highest BCUT2D eigenvalue weighted by Crippen LogP contribution is 2.31. The van der Waals surface area contributed by atoms with Crippen molar-refractivity contribution < 1.29 is 33.2 Å². The second-order valence-corrected chi connectivity index (χ2v) is 15.1. The average molecular weight is 752 g/mol. The maximum absolute atomic E-state index is 13.3. The molecule has 4 aliphatic heterocycles. The van der Waals surface area contributed by atoms with E-state index in [9.17, 15) is 28.8 Å². The summed E-state index contributed by atoms with van der Waals surface area (Å²) in [5.41, 5.74) is 2.71. The van der Waals surface area contributed by atoms with Crippen molar-refractivity contribution in [1.29, 1.82) is 0 Å². The summed E-state index contributed by atoms with van der Waals surface area (Å²) in [5.74, 6) is 0.240. The molecule has 14 nitrogen and oxygen atoms in total. The molecule has 0 saturated carbocycles. The molecule has 7 rings (SSSR count). The van der Waals surface area contributed by atoms with Gasteiger partial charge < -0.3 is 34.7 Å². The molecule has 4 aliphatic rings. The monoisotopic (exact) mass is 751 g/mol. The van der Waals surface area contributed by atoms with E-state index in [1.54, 1.807) is 63.9 Å². The number of amides is 6. The largest absolute Gasteiger partial charge is 0.436 e. The highest BCUT2D eigenvalue weighted by molar-refractivity contribution is 5.99. The van der Waals surface area contributed by atoms with Crippen molar-refractivity contribution >= 4 is 46.8 Å². The number of nitrogens with one attached hydrogen (secondary N) is 2. The number of rotatable bonds is 8. The fourth-order valence-corrected chi connectivity index (χ4v) is 8.36. The molecule has 0 spiro atoms. The molecule has 55 heavy (non-hydrogen) atoms. The molecular weight excluding hydrogens is 702 g/mol. The number of oxazole rings is 1. The minimum absolute atomic E-state index is 0.000571. The van der Waals surface area contributed by atoms with Crippen molar-refractivity contribution in [2.24, 2.45) is 11.8 Å². The Morgan fingerprint density at radius 1 is 0.582 bits per heavy atom. The molecule has 6 amide bonds. The summed E-state index contributed by atoms with van der Waals surface area (Å²) in [7, 11) is 0. The van der Waals surface area contributed by atoms with Gasteiger partial charge in [-0.05, 0) is 99.9 Å². The van der Waals surface area contributed by atoms with Gasteiger partial charge in [0, 0.05) is 87.5 Å². The van der Waals surface area contributed by atoms with Gasteiger partial charge in [0.05, 0.1) is 6.20 Å². The lowest BCUT2D eigenvalue weighted by Gasteiger charge is -2.34. The third-order valence-corrected chi connectivity index (χ3v) is 11.6. The molecule has 2 atom stereocenters. The number of hydrogen-bond acceptors (Lipinski definition) is 8. The summed E-state index contributed by atoms with van der Waals surface area (Å²) in [6, 6.07) is 13.4. The van der Waals surface area contributed by atoms with Gasteiger partial charge in [-0.25, -0.2) is 4.98 Å². The molecule has 4 saturated heterocycles. The Morgan fingerprint density at radius 2 is 1.00 bits per heavy atom. The Labute approximate surface area is 320 Å². The molecule has 5 heterocycles. The van der Waals surface area contributed by atoms with Gasteiger partial charge >= 0.3 is 0 Å². The second-order valence-electron chi connectivity index (χ2n) is 15.1. The van der Waals surface area contributed by atoms with Crippen LogP contribution in [0.5, 0.6) is 0 Å². The summed E-state index contributed by atoms with van der Waals surface area (Å²) in [6.45, 7) is 6.47. The van der Waals surface area contributed by atoms with Crippen LogP contribution in [0.25, 0.3) is 22.8 Å². The molecule has 14 heteroatoms. The predicted molar refractivity (Wildman–Crippen MR) is 204 cm³/mol. The summed E-state index contributed by atoms with van der Waals surface area (Å²) in [5, 5.41) is 5.94. The van der Waals surface area contributed by atoms with E-state index in [0.29, 0.717) is 101 Å². The zero-order valence-corrected chi connectivity index (χ0v) is 31.5. The number of likely N-dealkylation sites (tertiary alicyclic amines) is 4. The zero-order chi connectivity index (χ0) is 38.6. The lowest BCUT2D eigenvalue weighted by Crippen LogP contribution is -2.48.